The molecule has 0 unspecified atom stereocenters. The Balaban J connectivity index is 2.17. The third kappa shape index (κ3) is 14.1. The molecule has 0 saturated carbocycles. The molecule has 0 aromatic carbocycles. The summed E-state index contributed by atoms with van der Waals surface area (Å²) in [5.41, 5.74) is 0. The Morgan fingerprint density at radius 1 is 0.613 bits per heavy atom. The normalized spacial score (nSPS) is 11.6. The Morgan fingerprint density at radius 3 is 1.48 bits per heavy atom. The van der Waals surface area contributed by atoms with Gasteiger partial charge in [0.15, 0.2) is 0 Å². The maximum absolute atomic E-state index is 2.56. The van der Waals surface area contributed by atoms with Crippen LogP contribution in [0.5, 0.6) is 0 Å². The number of nitrogens with zero attached hydrogens (tertiary/aromatic N) is 2. The minimum atomic E-state index is 0.572. The van der Waals surface area contributed by atoms with Crippen molar-refractivity contribution in [2.45, 2.75) is 169 Å². The minimum absolute atomic E-state index is 0.572. The number of imidazole rings is 1. The molecule has 0 aliphatic rings. The highest BCUT2D eigenvalue weighted by Crippen LogP contribution is 2.15. The standard InChI is InChI=1S/C29H57N2/c1-5-7-9-11-13-14-15-16-17-18-20-22-24-29-30(26-27-31(29)28(3)4)25-23-21-19-12-10-8-6-2/h26-28H,5-25H2,1-4H3/q+1. The molecule has 0 aliphatic carbocycles. The highest BCUT2D eigenvalue weighted by atomic mass is 15.2. The summed E-state index contributed by atoms with van der Waals surface area (Å²) in [6.45, 7) is 10.5. The Kier molecular flexibility index (Phi) is 18.1. The Labute approximate surface area is 196 Å². The van der Waals surface area contributed by atoms with E-state index in [0.717, 1.165) is 0 Å². The first-order valence-corrected chi connectivity index (χ1v) is 14.3. The summed E-state index contributed by atoms with van der Waals surface area (Å²) < 4.78 is 5.07. The molecule has 182 valence electrons. The lowest BCUT2D eigenvalue weighted by Gasteiger charge is -2.08. The molecule has 0 amide bonds. The third-order valence-electron chi connectivity index (χ3n) is 6.85. The number of hydrogen-bond donors (Lipinski definition) is 0. The van der Waals surface area contributed by atoms with Gasteiger partial charge in [-0.3, -0.25) is 0 Å². The van der Waals surface area contributed by atoms with E-state index in [2.05, 4.69) is 49.2 Å². The summed E-state index contributed by atoms with van der Waals surface area (Å²) in [6, 6.07) is 0.572. The van der Waals surface area contributed by atoms with Gasteiger partial charge in [0, 0.05) is 6.42 Å². The number of aromatic nitrogens is 2. The van der Waals surface area contributed by atoms with E-state index in [0.29, 0.717) is 6.04 Å². The molecule has 0 radical (unpaired) electrons. The highest BCUT2D eigenvalue weighted by Gasteiger charge is 2.18. The van der Waals surface area contributed by atoms with Gasteiger partial charge in [0.25, 0.3) is 5.82 Å². The van der Waals surface area contributed by atoms with Gasteiger partial charge >= 0.3 is 0 Å². The molecule has 1 aromatic heterocycles. The van der Waals surface area contributed by atoms with Crippen LogP contribution in [0.2, 0.25) is 0 Å². The van der Waals surface area contributed by atoms with Crippen molar-refractivity contribution >= 4 is 0 Å². The van der Waals surface area contributed by atoms with E-state index in [1.165, 1.54) is 135 Å². The molecular weight excluding hydrogens is 376 g/mol. The maximum atomic E-state index is 2.56. The van der Waals surface area contributed by atoms with Gasteiger partial charge in [0.1, 0.15) is 12.4 Å². The summed E-state index contributed by atoms with van der Waals surface area (Å²) in [6.07, 6.45) is 32.8. The van der Waals surface area contributed by atoms with E-state index in [1.807, 2.05) is 0 Å². The molecular formula is C29H57N2+. The predicted molar refractivity (Wildman–Crippen MR) is 138 cm³/mol. The lowest BCUT2D eigenvalue weighted by molar-refractivity contribution is -0.704. The van der Waals surface area contributed by atoms with Crippen LogP contribution in [0.15, 0.2) is 12.4 Å². The van der Waals surface area contributed by atoms with Crippen LogP contribution in [-0.4, -0.2) is 4.57 Å². The quantitative estimate of drug-likeness (QED) is 0.127. The molecule has 1 rings (SSSR count). The lowest BCUT2D eigenvalue weighted by Crippen LogP contribution is -2.37. The predicted octanol–water partition coefficient (Wildman–Crippen LogP) is 9.35. The fourth-order valence-electron chi connectivity index (χ4n) is 4.78. The smallest absolute Gasteiger partial charge is 0.234 e. The summed E-state index contributed by atoms with van der Waals surface area (Å²) in [4.78, 5) is 0. The van der Waals surface area contributed by atoms with E-state index >= 15 is 0 Å². The van der Waals surface area contributed by atoms with Gasteiger partial charge in [0.2, 0.25) is 0 Å². The van der Waals surface area contributed by atoms with Crippen molar-refractivity contribution in [2.75, 3.05) is 0 Å². The van der Waals surface area contributed by atoms with Crippen molar-refractivity contribution in [3.8, 4) is 0 Å². The van der Waals surface area contributed by atoms with Crippen molar-refractivity contribution in [3.63, 3.8) is 0 Å². The van der Waals surface area contributed by atoms with Crippen molar-refractivity contribution in [3.05, 3.63) is 18.2 Å². The molecule has 0 bridgehead atoms. The molecule has 2 heteroatoms. The molecule has 2 nitrogen and oxygen atoms in total. The average molecular weight is 434 g/mol. The van der Waals surface area contributed by atoms with Crippen LogP contribution in [0.25, 0.3) is 0 Å². The van der Waals surface area contributed by atoms with Crippen molar-refractivity contribution < 1.29 is 4.57 Å². The van der Waals surface area contributed by atoms with Crippen LogP contribution in [0.3, 0.4) is 0 Å². The molecule has 1 heterocycles. The van der Waals surface area contributed by atoms with Gasteiger partial charge in [-0.25, -0.2) is 9.13 Å². The first-order valence-electron chi connectivity index (χ1n) is 14.3. The van der Waals surface area contributed by atoms with Crippen molar-refractivity contribution in [2.24, 2.45) is 0 Å². The molecule has 1 aromatic rings. The van der Waals surface area contributed by atoms with E-state index in [-0.39, 0.29) is 0 Å². The third-order valence-corrected chi connectivity index (χ3v) is 6.85. The highest BCUT2D eigenvalue weighted by molar-refractivity contribution is 4.86. The lowest BCUT2D eigenvalue weighted by atomic mass is 10.0. The van der Waals surface area contributed by atoms with Gasteiger partial charge in [-0.1, -0.05) is 117 Å². The monoisotopic (exact) mass is 433 g/mol. The summed E-state index contributed by atoms with van der Waals surface area (Å²) in [5.74, 6) is 1.56. The van der Waals surface area contributed by atoms with Crippen LogP contribution in [0.1, 0.15) is 162 Å². The second kappa shape index (κ2) is 19.9. The Morgan fingerprint density at radius 2 is 1.03 bits per heavy atom. The van der Waals surface area contributed by atoms with Crippen molar-refractivity contribution in [1.29, 1.82) is 0 Å². The van der Waals surface area contributed by atoms with Gasteiger partial charge < -0.3 is 0 Å². The largest absolute Gasteiger partial charge is 0.256 e. The SMILES string of the molecule is CCCCCCCCCCCCCCc1n(C(C)C)cc[n+]1CCCCCCCCC. The van der Waals surface area contributed by atoms with Gasteiger partial charge in [-0.05, 0) is 33.1 Å². The maximum Gasteiger partial charge on any atom is 0.256 e. The van der Waals surface area contributed by atoms with Crippen LogP contribution < -0.4 is 4.57 Å². The van der Waals surface area contributed by atoms with Crippen LogP contribution in [0.4, 0.5) is 0 Å². The average Bonchev–Trinajstić information content (AvgIpc) is 3.17. The summed E-state index contributed by atoms with van der Waals surface area (Å²) in [5, 5.41) is 0. The van der Waals surface area contributed by atoms with Crippen LogP contribution >= 0.6 is 0 Å². The van der Waals surface area contributed by atoms with E-state index in [4.69, 9.17) is 0 Å². The minimum Gasteiger partial charge on any atom is -0.234 e. The Hall–Kier alpha value is -0.790. The first-order chi connectivity index (χ1) is 15.2. The fraction of sp³-hybridized carbons (Fsp3) is 0.897. The molecule has 0 aliphatic heterocycles. The number of unbranched alkanes of at least 4 members (excludes halogenated alkanes) is 17. The molecule has 0 N–H and O–H groups in total. The Bertz CT molecular complexity index is 503. The van der Waals surface area contributed by atoms with Crippen LogP contribution in [0, 0.1) is 0 Å². The zero-order valence-corrected chi connectivity index (χ0v) is 22.0. The zero-order chi connectivity index (χ0) is 22.6. The second-order valence-electron chi connectivity index (χ2n) is 10.2. The summed E-state index contributed by atoms with van der Waals surface area (Å²) in [7, 11) is 0. The zero-order valence-electron chi connectivity index (χ0n) is 22.0. The van der Waals surface area contributed by atoms with Crippen LogP contribution in [-0.2, 0) is 13.0 Å². The van der Waals surface area contributed by atoms with Gasteiger partial charge in [-0.2, -0.15) is 0 Å². The summed E-state index contributed by atoms with van der Waals surface area (Å²) >= 11 is 0. The molecule has 0 atom stereocenters. The van der Waals surface area contributed by atoms with Gasteiger partial charge in [-0.15, -0.1) is 0 Å². The van der Waals surface area contributed by atoms with E-state index in [1.54, 1.807) is 5.82 Å². The molecule has 0 spiro atoms. The van der Waals surface area contributed by atoms with Gasteiger partial charge in [0.05, 0.1) is 12.6 Å². The molecule has 31 heavy (non-hydrogen) atoms. The fourth-order valence-corrected chi connectivity index (χ4v) is 4.78. The topological polar surface area (TPSA) is 8.81 Å². The molecule has 0 fully saturated rings. The second-order valence-corrected chi connectivity index (χ2v) is 10.2. The number of rotatable bonds is 22. The van der Waals surface area contributed by atoms with E-state index in [9.17, 15) is 0 Å². The molecule has 0 saturated heterocycles. The first kappa shape index (κ1) is 28.2. The van der Waals surface area contributed by atoms with E-state index < -0.39 is 0 Å². The van der Waals surface area contributed by atoms with Crippen molar-refractivity contribution in [1.82, 2.24) is 4.57 Å². The number of aryl methyl sites for hydroxylation is 1. The number of hydrogen-bond acceptors (Lipinski definition) is 0.